The summed E-state index contributed by atoms with van der Waals surface area (Å²) in [5, 5.41) is 0. The number of rotatable bonds is 9. The highest BCUT2D eigenvalue weighted by molar-refractivity contribution is 5.91. The molecule has 0 saturated carbocycles. The van der Waals surface area contributed by atoms with Gasteiger partial charge in [0, 0.05) is 24.0 Å². The molecular weight excluding hydrogens is 379 g/mol. The third-order valence-corrected chi connectivity index (χ3v) is 4.91. The summed E-state index contributed by atoms with van der Waals surface area (Å²) < 4.78 is 19.4. The van der Waals surface area contributed by atoms with Gasteiger partial charge in [0.2, 0.25) is 0 Å². The van der Waals surface area contributed by atoms with Crippen LogP contribution < -0.4 is 4.74 Å². The average Bonchev–Trinajstić information content (AvgIpc) is 2.76. The van der Waals surface area contributed by atoms with Crippen LogP contribution >= 0.6 is 0 Å². The maximum atomic E-state index is 14.0. The third-order valence-electron chi connectivity index (χ3n) is 4.91. The minimum Gasteiger partial charge on any atom is -0.423 e. The molecule has 3 aromatic rings. The molecule has 0 fully saturated rings. The Morgan fingerprint density at radius 3 is 2.30 bits per heavy atom. The topological polar surface area (TPSA) is 52.1 Å². The first-order valence-electron chi connectivity index (χ1n) is 10.5. The van der Waals surface area contributed by atoms with Gasteiger partial charge in [-0.2, -0.15) is 0 Å². The third kappa shape index (κ3) is 5.72. The van der Waals surface area contributed by atoms with Gasteiger partial charge >= 0.3 is 5.97 Å². The molecule has 5 heteroatoms. The number of nitrogens with zero attached hydrogens (tertiary/aromatic N) is 2. The van der Waals surface area contributed by atoms with Crippen molar-refractivity contribution in [2.45, 2.75) is 52.4 Å². The summed E-state index contributed by atoms with van der Waals surface area (Å²) in [5.41, 5.74) is 2.96. The van der Waals surface area contributed by atoms with Crippen molar-refractivity contribution in [3.63, 3.8) is 0 Å². The van der Waals surface area contributed by atoms with Crippen LogP contribution in [0.1, 0.15) is 61.0 Å². The van der Waals surface area contributed by atoms with Crippen LogP contribution in [0.5, 0.6) is 5.75 Å². The quantitative estimate of drug-likeness (QED) is 0.242. The van der Waals surface area contributed by atoms with E-state index in [1.165, 1.54) is 18.9 Å². The van der Waals surface area contributed by atoms with E-state index in [2.05, 4.69) is 16.9 Å². The number of carbonyl (C=O) groups is 1. The summed E-state index contributed by atoms with van der Waals surface area (Å²) in [4.78, 5) is 21.2. The van der Waals surface area contributed by atoms with E-state index in [9.17, 15) is 9.18 Å². The molecule has 1 aromatic heterocycles. The van der Waals surface area contributed by atoms with Crippen molar-refractivity contribution in [3.8, 4) is 17.1 Å². The van der Waals surface area contributed by atoms with Gasteiger partial charge in [0.25, 0.3) is 0 Å². The zero-order chi connectivity index (χ0) is 21.3. The standard InChI is InChI=1S/C25H27FN2O2/c1-3-5-6-8-18-16-27-24(28-17-18)20-9-11-21(12-10-20)25(29)30-22-14-13-19(7-4-2)23(26)15-22/h9-17H,3-8H2,1-2H3. The number of halogens is 1. The number of carbonyl (C=O) groups excluding carboxylic acids is 1. The maximum Gasteiger partial charge on any atom is 0.343 e. The highest BCUT2D eigenvalue weighted by atomic mass is 19.1. The number of hydrogen-bond acceptors (Lipinski definition) is 4. The van der Waals surface area contributed by atoms with Crippen molar-refractivity contribution in [2.24, 2.45) is 0 Å². The van der Waals surface area contributed by atoms with Crippen LogP contribution in [0.3, 0.4) is 0 Å². The Morgan fingerprint density at radius 1 is 0.933 bits per heavy atom. The Balaban J connectivity index is 1.63. The van der Waals surface area contributed by atoms with E-state index in [0.29, 0.717) is 23.4 Å². The van der Waals surface area contributed by atoms with Gasteiger partial charge in [0.15, 0.2) is 5.82 Å². The molecule has 0 unspecified atom stereocenters. The first-order valence-corrected chi connectivity index (χ1v) is 10.5. The Bertz CT molecular complexity index is 969. The fourth-order valence-corrected chi connectivity index (χ4v) is 3.20. The number of esters is 1. The molecule has 30 heavy (non-hydrogen) atoms. The molecule has 1 heterocycles. The van der Waals surface area contributed by atoms with Gasteiger partial charge in [-0.3, -0.25) is 0 Å². The second-order valence-corrected chi connectivity index (χ2v) is 7.34. The van der Waals surface area contributed by atoms with Gasteiger partial charge in [-0.1, -0.05) is 51.3 Å². The van der Waals surface area contributed by atoms with Crippen molar-refractivity contribution in [1.29, 1.82) is 0 Å². The summed E-state index contributed by atoms with van der Waals surface area (Å²) in [7, 11) is 0. The molecular formula is C25H27FN2O2. The SMILES string of the molecule is CCCCCc1cnc(-c2ccc(C(=O)Oc3ccc(CCC)c(F)c3)cc2)nc1. The lowest BCUT2D eigenvalue weighted by atomic mass is 10.1. The fraction of sp³-hybridized carbons (Fsp3) is 0.320. The predicted octanol–water partition coefficient (Wildman–Crippen LogP) is 6.19. The smallest absolute Gasteiger partial charge is 0.343 e. The molecule has 0 bridgehead atoms. The van der Waals surface area contributed by atoms with E-state index in [1.54, 1.807) is 36.4 Å². The van der Waals surface area contributed by atoms with E-state index < -0.39 is 5.97 Å². The van der Waals surface area contributed by atoms with Gasteiger partial charge in [-0.05, 0) is 48.6 Å². The Morgan fingerprint density at radius 2 is 1.67 bits per heavy atom. The van der Waals surface area contributed by atoms with E-state index >= 15 is 0 Å². The van der Waals surface area contributed by atoms with Crippen LogP contribution in [-0.2, 0) is 12.8 Å². The second kappa shape index (κ2) is 10.6. The molecule has 156 valence electrons. The summed E-state index contributed by atoms with van der Waals surface area (Å²) in [6.45, 7) is 4.17. The molecule has 0 spiro atoms. The second-order valence-electron chi connectivity index (χ2n) is 7.34. The van der Waals surface area contributed by atoms with Gasteiger partial charge in [-0.15, -0.1) is 0 Å². The zero-order valence-electron chi connectivity index (χ0n) is 17.5. The largest absolute Gasteiger partial charge is 0.423 e. The van der Waals surface area contributed by atoms with Crippen molar-refractivity contribution in [3.05, 3.63) is 77.4 Å². The highest BCUT2D eigenvalue weighted by Crippen LogP contribution is 2.20. The van der Waals surface area contributed by atoms with Crippen molar-refractivity contribution >= 4 is 5.97 Å². The Hall–Kier alpha value is -3.08. The molecule has 0 saturated heterocycles. The number of aryl methyl sites for hydroxylation is 2. The summed E-state index contributed by atoms with van der Waals surface area (Å²) >= 11 is 0. The molecule has 3 rings (SSSR count). The first kappa shape index (κ1) is 21.6. The van der Waals surface area contributed by atoms with Crippen molar-refractivity contribution in [1.82, 2.24) is 9.97 Å². The van der Waals surface area contributed by atoms with E-state index in [-0.39, 0.29) is 11.6 Å². The first-order chi connectivity index (χ1) is 14.6. The van der Waals surface area contributed by atoms with E-state index in [1.807, 2.05) is 19.3 Å². The molecule has 0 amide bonds. The molecule has 0 aliphatic heterocycles. The van der Waals surface area contributed by atoms with Crippen LogP contribution in [0.4, 0.5) is 4.39 Å². The van der Waals surface area contributed by atoms with Crippen LogP contribution in [0, 0.1) is 5.82 Å². The molecule has 2 aromatic carbocycles. The monoisotopic (exact) mass is 406 g/mol. The highest BCUT2D eigenvalue weighted by Gasteiger charge is 2.11. The van der Waals surface area contributed by atoms with Crippen LogP contribution in [0.2, 0.25) is 0 Å². The predicted molar refractivity (Wildman–Crippen MR) is 116 cm³/mol. The van der Waals surface area contributed by atoms with Gasteiger partial charge in [0.05, 0.1) is 5.56 Å². The normalized spacial score (nSPS) is 10.8. The molecule has 4 nitrogen and oxygen atoms in total. The van der Waals surface area contributed by atoms with Crippen LogP contribution in [-0.4, -0.2) is 15.9 Å². The summed E-state index contributed by atoms with van der Waals surface area (Å²) in [6.07, 6.45) is 9.74. The molecule has 0 aliphatic carbocycles. The van der Waals surface area contributed by atoms with E-state index in [4.69, 9.17) is 4.74 Å². The maximum absolute atomic E-state index is 14.0. The zero-order valence-corrected chi connectivity index (χ0v) is 17.5. The number of benzene rings is 2. The Labute approximate surface area is 177 Å². The number of hydrogen-bond donors (Lipinski definition) is 0. The average molecular weight is 407 g/mol. The van der Waals surface area contributed by atoms with Gasteiger partial charge in [0.1, 0.15) is 11.6 Å². The van der Waals surface area contributed by atoms with Gasteiger partial charge < -0.3 is 4.74 Å². The van der Waals surface area contributed by atoms with Gasteiger partial charge in [-0.25, -0.2) is 19.2 Å². The minimum absolute atomic E-state index is 0.198. The number of unbranched alkanes of at least 4 members (excludes halogenated alkanes) is 2. The lowest BCUT2D eigenvalue weighted by Gasteiger charge is -2.07. The molecule has 0 atom stereocenters. The summed E-state index contributed by atoms with van der Waals surface area (Å²) in [6, 6.07) is 11.4. The lowest BCUT2D eigenvalue weighted by molar-refractivity contribution is 0.0734. The molecule has 0 radical (unpaired) electrons. The number of aromatic nitrogens is 2. The van der Waals surface area contributed by atoms with Crippen LogP contribution in [0.15, 0.2) is 54.9 Å². The van der Waals surface area contributed by atoms with Crippen molar-refractivity contribution < 1.29 is 13.9 Å². The van der Waals surface area contributed by atoms with Crippen LogP contribution in [0.25, 0.3) is 11.4 Å². The number of ether oxygens (including phenoxy) is 1. The fourth-order valence-electron chi connectivity index (χ4n) is 3.20. The summed E-state index contributed by atoms with van der Waals surface area (Å²) in [5.74, 6) is -0.0738. The van der Waals surface area contributed by atoms with Crippen molar-refractivity contribution in [2.75, 3.05) is 0 Å². The lowest BCUT2D eigenvalue weighted by Crippen LogP contribution is -2.08. The molecule has 0 aliphatic rings. The van der Waals surface area contributed by atoms with E-state index in [0.717, 1.165) is 30.4 Å². The minimum atomic E-state index is -0.531. The Kier molecular flexibility index (Phi) is 7.66. The molecule has 0 N–H and O–H groups in total.